The highest BCUT2D eigenvalue weighted by Gasteiger charge is 2.21. The SMILES string of the molecule is CCC(C)N(Cc1ccccc1)C(=O)CSc1nnc(-c2cccc(C)c2)n1CC. The Kier molecular flexibility index (Phi) is 7.69. The Morgan fingerprint density at radius 2 is 1.87 bits per heavy atom. The Morgan fingerprint density at radius 3 is 2.53 bits per heavy atom. The molecule has 1 amide bonds. The molecule has 3 rings (SSSR count). The predicted octanol–water partition coefficient (Wildman–Crippen LogP) is 5.19. The van der Waals surface area contributed by atoms with Gasteiger partial charge in [0.25, 0.3) is 0 Å². The predicted molar refractivity (Wildman–Crippen MR) is 123 cm³/mol. The fourth-order valence-electron chi connectivity index (χ4n) is 3.38. The van der Waals surface area contributed by atoms with Gasteiger partial charge in [-0.2, -0.15) is 0 Å². The number of benzene rings is 2. The number of hydrogen-bond acceptors (Lipinski definition) is 4. The molecule has 6 heteroatoms. The molecule has 0 bridgehead atoms. The van der Waals surface area contributed by atoms with Gasteiger partial charge >= 0.3 is 0 Å². The van der Waals surface area contributed by atoms with Crippen LogP contribution in [0.25, 0.3) is 11.4 Å². The van der Waals surface area contributed by atoms with Crippen LogP contribution in [0.5, 0.6) is 0 Å². The van der Waals surface area contributed by atoms with Crippen molar-refractivity contribution in [1.82, 2.24) is 19.7 Å². The number of carbonyl (C=O) groups is 1. The molecule has 0 N–H and O–H groups in total. The van der Waals surface area contributed by atoms with E-state index in [0.29, 0.717) is 12.3 Å². The fraction of sp³-hybridized carbons (Fsp3) is 0.375. The van der Waals surface area contributed by atoms with Crippen molar-refractivity contribution in [3.8, 4) is 11.4 Å². The topological polar surface area (TPSA) is 51.0 Å². The average Bonchev–Trinajstić information content (AvgIpc) is 3.19. The van der Waals surface area contributed by atoms with Crippen LogP contribution in [0.3, 0.4) is 0 Å². The maximum Gasteiger partial charge on any atom is 0.233 e. The monoisotopic (exact) mass is 422 g/mol. The molecule has 1 atom stereocenters. The molecule has 0 fully saturated rings. The second-order valence-corrected chi connectivity index (χ2v) is 8.42. The van der Waals surface area contributed by atoms with Crippen LogP contribution < -0.4 is 0 Å². The summed E-state index contributed by atoms with van der Waals surface area (Å²) in [5.74, 6) is 1.32. The van der Waals surface area contributed by atoms with Gasteiger partial charge in [0.2, 0.25) is 5.91 Å². The van der Waals surface area contributed by atoms with Crippen LogP contribution in [-0.2, 0) is 17.9 Å². The quantitative estimate of drug-likeness (QED) is 0.445. The van der Waals surface area contributed by atoms with E-state index in [9.17, 15) is 4.79 Å². The first-order valence-electron chi connectivity index (χ1n) is 10.5. The summed E-state index contributed by atoms with van der Waals surface area (Å²) in [6, 6.07) is 18.6. The molecule has 1 heterocycles. The Morgan fingerprint density at radius 1 is 1.10 bits per heavy atom. The Hall–Kier alpha value is -2.60. The summed E-state index contributed by atoms with van der Waals surface area (Å²) in [7, 11) is 0. The third-order valence-corrected chi connectivity index (χ3v) is 6.22. The summed E-state index contributed by atoms with van der Waals surface area (Å²) in [6.07, 6.45) is 0.923. The first kappa shape index (κ1) is 22.1. The summed E-state index contributed by atoms with van der Waals surface area (Å²) in [5, 5.41) is 9.57. The Balaban J connectivity index is 1.74. The molecule has 5 nitrogen and oxygen atoms in total. The van der Waals surface area contributed by atoms with E-state index in [1.54, 1.807) is 0 Å². The summed E-state index contributed by atoms with van der Waals surface area (Å²) >= 11 is 1.46. The highest BCUT2D eigenvalue weighted by Crippen LogP contribution is 2.25. The minimum Gasteiger partial charge on any atom is -0.335 e. The molecule has 0 saturated carbocycles. The largest absolute Gasteiger partial charge is 0.335 e. The molecule has 2 aromatic carbocycles. The molecule has 3 aromatic rings. The molecule has 0 spiro atoms. The minimum absolute atomic E-state index is 0.126. The fourth-order valence-corrected chi connectivity index (χ4v) is 4.27. The second-order valence-electron chi connectivity index (χ2n) is 7.47. The normalized spacial score (nSPS) is 12.0. The molecule has 1 aromatic heterocycles. The van der Waals surface area contributed by atoms with Gasteiger partial charge in [-0.1, -0.05) is 72.8 Å². The third-order valence-electron chi connectivity index (χ3n) is 5.27. The van der Waals surface area contributed by atoms with E-state index in [0.717, 1.165) is 35.1 Å². The van der Waals surface area contributed by atoms with Crippen molar-refractivity contribution >= 4 is 17.7 Å². The molecule has 158 valence electrons. The van der Waals surface area contributed by atoms with Gasteiger partial charge < -0.3 is 9.47 Å². The van der Waals surface area contributed by atoms with Crippen molar-refractivity contribution in [1.29, 1.82) is 0 Å². The number of thioether (sulfide) groups is 1. The highest BCUT2D eigenvalue weighted by molar-refractivity contribution is 7.99. The zero-order chi connectivity index (χ0) is 21.5. The Labute approximate surface area is 183 Å². The number of carbonyl (C=O) groups excluding carboxylic acids is 1. The first-order valence-corrected chi connectivity index (χ1v) is 11.5. The summed E-state index contributed by atoms with van der Waals surface area (Å²) in [4.78, 5) is 15.1. The number of hydrogen-bond donors (Lipinski definition) is 0. The number of nitrogens with zero attached hydrogens (tertiary/aromatic N) is 4. The van der Waals surface area contributed by atoms with Gasteiger partial charge in [-0.3, -0.25) is 4.79 Å². The number of aromatic nitrogens is 3. The Bertz CT molecular complexity index is 970. The minimum atomic E-state index is 0.126. The van der Waals surface area contributed by atoms with Crippen molar-refractivity contribution < 1.29 is 4.79 Å². The number of rotatable bonds is 9. The lowest BCUT2D eigenvalue weighted by molar-refractivity contribution is -0.131. The summed E-state index contributed by atoms with van der Waals surface area (Å²) < 4.78 is 2.08. The zero-order valence-electron chi connectivity index (χ0n) is 18.2. The maximum absolute atomic E-state index is 13.1. The molecular weight excluding hydrogens is 392 g/mol. The molecule has 0 saturated heterocycles. The van der Waals surface area contributed by atoms with E-state index in [4.69, 9.17) is 0 Å². The molecule has 0 radical (unpaired) electrons. The molecular formula is C24H30N4OS. The number of amides is 1. The molecule has 1 unspecified atom stereocenters. The second kappa shape index (κ2) is 10.4. The third kappa shape index (κ3) is 5.30. The molecule has 0 aliphatic carbocycles. The van der Waals surface area contributed by atoms with Crippen LogP contribution in [0, 0.1) is 6.92 Å². The van der Waals surface area contributed by atoms with Crippen LogP contribution in [-0.4, -0.2) is 37.4 Å². The lowest BCUT2D eigenvalue weighted by atomic mass is 10.1. The van der Waals surface area contributed by atoms with E-state index >= 15 is 0 Å². The summed E-state index contributed by atoms with van der Waals surface area (Å²) in [5.41, 5.74) is 3.38. The lowest BCUT2D eigenvalue weighted by Gasteiger charge is -2.28. The van der Waals surface area contributed by atoms with E-state index in [1.165, 1.54) is 17.3 Å². The van der Waals surface area contributed by atoms with Gasteiger partial charge in [-0.05, 0) is 38.8 Å². The van der Waals surface area contributed by atoms with Crippen molar-refractivity contribution in [3.63, 3.8) is 0 Å². The van der Waals surface area contributed by atoms with Crippen molar-refractivity contribution in [2.24, 2.45) is 0 Å². The highest BCUT2D eigenvalue weighted by atomic mass is 32.2. The van der Waals surface area contributed by atoms with Crippen molar-refractivity contribution in [3.05, 3.63) is 65.7 Å². The standard InChI is InChI=1S/C24H30N4OS/c1-5-19(4)28(16-20-12-8-7-9-13-20)22(29)17-30-24-26-25-23(27(24)6-2)21-14-10-11-18(3)15-21/h7-15,19H,5-6,16-17H2,1-4H3. The van der Waals surface area contributed by atoms with E-state index in [-0.39, 0.29) is 11.9 Å². The van der Waals surface area contributed by atoms with Crippen LogP contribution in [0.15, 0.2) is 59.8 Å². The molecule has 0 aliphatic rings. The van der Waals surface area contributed by atoms with E-state index in [2.05, 4.69) is 66.7 Å². The lowest BCUT2D eigenvalue weighted by Crippen LogP contribution is -2.39. The van der Waals surface area contributed by atoms with Crippen molar-refractivity contribution in [2.45, 2.75) is 58.4 Å². The smallest absolute Gasteiger partial charge is 0.233 e. The van der Waals surface area contributed by atoms with Crippen LogP contribution in [0.2, 0.25) is 0 Å². The van der Waals surface area contributed by atoms with E-state index < -0.39 is 0 Å². The maximum atomic E-state index is 13.1. The van der Waals surface area contributed by atoms with Gasteiger partial charge in [0.05, 0.1) is 5.75 Å². The van der Waals surface area contributed by atoms with Gasteiger partial charge in [0, 0.05) is 24.7 Å². The summed E-state index contributed by atoms with van der Waals surface area (Å²) in [6.45, 7) is 9.76. The van der Waals surface area contributed by atoms with Crippen LogP contribution >= 0.6 is 11.8 Å². The van der Waals surface area contributed by atoms with Crippen LogP contribution in [0.4, 0.5) is 0 Å². The zero-order valence-corrected chi connectivity index (χ0v) is 19.0. The number of aryl methyl sites for hydroxylation is 1. The average molecular weight is 423 g/mol. The van der Waals surface area contributed by atoms with Crippen molar-refractivity contribution in [2.75, 3.05) is 5.75 Å². The molecule has 30 heavy (non-hydrogen) atoms. The van der Waals surface area contributed by atoms with Gasteiger partial charge in [-0.25, -0.2) is 0 Å². The molecule has 0 aliphatic heterocycles. The first-order chi connectivity index (χ1) is 14.5. The van der Waals surface area contributed by atoms with E-state index in [1.807, 2.05) is 35.2 Å². The van der Waals surface area contributed by atoms with Gasteiger partial charge in [-0.15, -0.1) is 10.2 Å². The van der Waals surface area contributed by atoms with Gasteiger partial charge in [0.1, 0.15) is 0 Å². The van der Waals surface area contributed by atoms with Crippen LogP contribution in [0.1, 0.15) is 38.3 Å². The van der Waals surface area contributed by atoms with Gasteiger partial charge in [0.15, 0.2) is 11.0 Å².